The van der Waals surface area contributed by atoms with Gasteiger partial charge in [0.1, 0.15) is 16.5 Å². The third-order valence-corrected chi connectivity index (χ3v) is 5.99. The van der Waals surface area contributed by atoms with Gasteiger partial charge in [-0.3, -0.25) is 0 Å². The summed E-state index contributed by atoms with van der Waals surface area (Å²) >= 11 is 3.27. The number of benzene rings is 2. The standard InChI is InChI=1S/C20H19N3O2S2/c1-12-4-7-16-17(8-12)23-20(22-16)27-11-13-10-26-19(21-13)15-6-5-14(24-2)9-18(15)25-3/h4-10H,11H2,1-3H3,(H,22,23). The number of aromatic amines is 1. The number of thiazole rings is 1. The Kier molecular flexibility index (Phi) is 5.05. The van der Waals surface area contributed by atoms with Crippen LogP contribution in [-0.2, 0) is 5.75 Å². The number of aryl methyl sites for hydroxylation is 1. The summed E-state index contributed by atoms with van der Waals surface area (Å²) in [4.78, 5) is 12.8. The van der Waals surface area contributed by atoms with Crippen molar-refractivity contribution in [2.75, 3.05) is 14.2 Å². The number of aromatic nitrogens is 3. The number of H-pyrrole nitrogens is 1. The second kappa shape index (κ2) is 7.62. The number of hydrogen-bond donors (Lipinski definition) is 1. The molecule has 0 atom stereocenters. The van der Waals surface area contributed by atoms with Crippen LogP contribution in [0.25, 0.3) is 21.6 Å². The fraction of sp³-hybridized carbons (Fsp3) is 0.200. The summed E-state index contributed by atoms with van der Waals surface area (Å²) in [6.07, 6.45) is 0. The average molecular weight is 398 g/mol. The zero-order chi connectivity index (χ0) is 18.8. The van der Waals surface area contributed by atoms with Crippen molar-refractivity contribution in [2.24, 2.45) is 0 Å². The average Bonchev–Trinajstić information content (AvgIpc) is 3.32. The lowest BCUT2D eigenvalue weighted by Crippen LogP contribution is -1.90. The van der Waals surface area contributed by atoms with Crippen LogP contribution < -0.4 is 9.47 Å². The highest BCUT2D eigenvalue weighted by molar-refractivity contribution is 7.98. The Morgan fingerprint density at radius 3 is 2.78 bits per heavy atom. The van der Waals surface area contributed by atoms with Gasteiger partial charge in [-0.1, -0.05) is 17.8 Å². The Balaban J connectivity index is 1.51. The van der Waals surface area contributed by atoms with Crippen LogP contribution in [0.1, 0.15) is 11.3 Å². The smallest absolute Gasteiger partial charge is 0.166 e. The number of nitrogens with zero attached hydrogens (tertiary/aromatic N) is 2. The zero-order valence-corrected chi connectivity index (χ0v) is 16.9. The van der Waals surface area contributed by atoms with Gasteiger partial charge in [-0.05, 0) is 36.8 Å². The molecule has 0 spiro atoms. The van der Waals surface area contributed by atoms with Crippen LogP contribution in [0.5, 0.6) is 11.5 Å². The van der Waals surface area contributed by atoms with Crippen molar-refractivity contribution in [1.29, 1.82) is 0 Å². The van der Waals surface area contributed by atoms with E-state index in [0.717, 1.165) is 49.7 Å². The molecule has 0 aliphatic carbocycles. The number of methoxy groups -OCH3 is 2. The Morgan fingerprint density at radius 2 is 1.96 bits per heavy atom. The molecule has 5 nitrogen and oxygen atoms in total. The molecule has 0 unspecified atom stereocenters. The van der Waals surface area contributed by atoms with Crippen LogP contribution in [0.4, 0.5) is 0 Å². The van der Waals surface area contributed by atoms with Gasteiger partial charge in [0, 0.05) is 17.2 Å². The van der Waals surface area contributed by atoms with E-state index in [1.807, 2.05) is 24.3 Å². The van der Waals surface area contributed by atoms with E-state index in [4.69, 9.17) is 14.5 Å². The molecular weight excluding hydrogens is 378 g/mol. The van der Waals surface area contributed by atoms with Gasteiger partial charge in [0.25, 0.3) is 0 Å². The normalized spacial score (nSPS) is 11.1. The minimum atomic E-state index is 0.758. The van der Waals surface area contributed by atoms with Crippen molar-refractivity contribution >= 4 is 34.1 Å². The summed E-state index contributed by atoms with van der Waals surface area (Å²) < 4.78 is 10.8. The largest absolute Gasteiger partial charge is 0.497 e. The first-order valence-electron chi connectivity index (χ1n) is 8.42. The highest BCUT2D eigenvalue weighted by atomic mass is 32.2. The second-order valence-corrected chi connectivity index (χ2v) is 7.88. The van der Waals surface area contributed by atoms with Gasteiger partial charge in [0.05, 0.1) is 36.5 Å². The zero-order valence-electron chi connectivity index (χ0n) is 15.3. The molecule has 0 bridgehead atoms. The summed E-state index contributed by atoms with van der Waals surface area (Å²) in [6, 6.07) is 12.0. The molecule has 0 saturated carbocycles. The van der Waals surface area contributed by atoms with E-state index < -0.39 is 0 Å². The number of thioether (sulfide) groups is 1. The molecule has 1 N–H and O–H groups in total. The number of nitrogens with one attached hydrogen (secondary N) is 1. The quantitative estimate of drug-likeness (QED) is 0.447. The highest BCUT2D eigenvalue weighted by Crippen LogP contribution is 2.35. The molecule has 2 aromatic heterocycles. The predicted molar refractivity (Wildman–Crippen MR) is 111 cm³/mol. The molecule has 2 aromatic carbocycles. The van der Waals surface area contributed by atoms with Crippen molar-refractivity contribution in [3.63, 3.8) is 0 Å². The summed E-state index contributed by atoms with van der Waals surface area (Å²) in [5.41, 5.74) is 5.28. The van der Waals surface area contributed by atoms with Crippen LogP contribution in [0, 0.1) is 6.92 Å². The lowest BCUT2D eigenvalue weighted by molar-refractivity contribution is 0.395. The Morgan fingerprint density at radius 1 is 1.07 bits per heavy atom. The van der Waals surface area contributed by atoms with E-state index in [9.17, 15) is 0 Å². The summed E-state index contributed by atoms with van der Waals surface area (Å²) in [5, 5.41) is 3.93. The van der Waals surface area contributed by atoms with Crippen LogP contribution >= 0.6 is 23.1 Å². The second-order valence-electron chi connectivity index (χ2n) is 6.06. The van der Waals surface area contributed by atoms with Gasteiger partial charge in [-0.2, -0.15) is 0 Å². The van der Waals surface area contributed by atoms with Crippen LogP contribution in [0.2, 0.25) is 0 Å². The maximum absolute atomic E-state index is 5.49. The maximum Gasteiger partial charge on any atom is 0.166 e. The molecule has 0 radical (unpaired) electrons. The summed E-state index contributed by atoms with van der Waals surface area (Å²) in [7, 11) is 3.30. The van der Waals surface area contributed by atoms with Crippen molar-refractivity contribution in [3.05, 3.63) is 53.0 Å². The monoisotopic (exact) mass is 397 g/mol. The maximum atomic E-state index is 5.49. The number of hydrogen-bond acceptors (Lipinski definition) is 6. The van der Waals surface area contributed by atoms with Crippen molar-refractivity contribution in [3.8, 4) is 22.1 Å². The van der Waals surface area contributed by atoms with E-state index in [1.54, 1.807) is 37.3 Å². The van der Waals surface area contributed by atoms with E-state index in [1.165, 1.54) is 5.56 Å². The van der Waals surface area contributed by atoms with Gasteiger partial charge < -0.3 is 14.5 Å². The van der Waals surface area contributed by atoms with Gasteiger partial charge in [-0.15, -0.1) is 11.3 Å². The first-order chi connectivity index (χ1) is 13.2. The topological polar surface area (TPSA) is 60.0 Å². The van der Waals surface area contributed by atoms with Crippen LogP contribution in [-0.4, -0.2) is 29.2 Å². The lowest BCUT2D eigenvalue weighted by atomic mass is 10.2. The van der Waals surface area contributed by atoms with Gasteiger partial charge in [0.15, 0.2) is 5.16 Å². The number of rotatable bonds is 6. The molecule has 4 rings (SSSR count). The SMILES string of the molecule is COc1ccc(-c2nc(CSc3nc4ccc(C)cc4[nH]3)cs2)c(OC)c1. The number of fused-ring (bicyclic) bond motifs is 1. The summed E-state index contributed by atoms with van der Waals surface area (Å²) in [6.45, 7) is 2.08. The van der Waals surface area contributed by atoms with Crippen molar-refractivity contribution in [1.82, 2.24) is 15.0 Å². The number of imidazole rings is 1. The minimum Gasteiger partial charge on any atom is -0.497 e. The van der Waals surface area contributed by atoms with Crippen LogP contribution in [0.15, 0.2) is 46.9 Å². The lowest BCUT2D eigenvalue weighted by Gasteiger charge is -2.08. The third kappa shape index (κ3) is 3.79. The van der Waals surface area contributed by atoms with Gasteiger partial charge >= 0.3 is 0 Å². The van der Waals surface area contributed by atoms with Gasteiger partial charge in [-0.25, -0.2) is 9.97 Å². The van der Waals surface area contributed by atoms with E-state index >= 15 is 0 Å². The first kappa shape index (κ1) is 17.9. The predicted octanol–water partition coefficient (Wildman–Crippen LogP) is 5.30. The molecule has 7 heteroatoms. The third-order valence-electron chi connectivity index (χ3n) is 4.16. The molecule has 27 heavy (non-hydrogen) atoms. The van der Waals surface area contributed by atoms with E-state index in [0.29, 0.717) is 0 Å². The first-order valence-corrected chi connectivity index (χ1v) is 10.3. The van der Waals surface area contributed by atoms with E-state index in [-0.39, 0.29) is 0 Å². The van der Waals surface area contributed by atoms with Crippen LogP contribution in [0.3, 0.4) is 0 Å². The molecule has 0 aliphatic rings. The molecule has 4 aromatic rings. The van der Waals surface area contributed by atoms with Crippen molar-refractivity contribution in [2.45, 2.75) is 17.8 Å². The molecule has 0 saturated heterocycles. The molecule has 0 amide bonds. The fourth-order valence-corrected chi connectivity index (χ4v) is 4.52. The molecular formula is C20H19N3O2S2. The Hall–Kier alpha value is -2.51. The summed E-state index contributed by atoms with van der Waals surface area (Å²) in [5.74, 6) is 2.28. The molecule has 0 aliphatic heterocycles. The van der Waals surface area contributed by atoms with E-state index in [2.05, 4.69) is 34.4 Å². The number of ether oxygens (including phenoxy) is 2. The molecule has 2 heterocycles. The molecule has 0 fully saturated rings. The minimum absolute atomic E-state index is 0.758. The molecule has 138 valence electrons. The Labute approximate surface area is 165 Å². The highest BCUT2D eigenvalue weighted by Gasteiger charge is 2.12. The van der Waals surface area contributed by atoms with Gasteiger partial charge in [0.2, 0.25) is 0 Å². The van der Waals surface area contributed by atoms with Crippen molar-refractivity contribution < 1.29 is 9.47 Å². The Bertz CT molecular complexity index is 1090. The fourth-order valence-electron chi connectivity index (χ4n) is 2.78.